The van der Waals surface area contributed by atoms with Crippen LogP contribution in [0.2, 0.25) is 0 Å². The number of hydrogen-bond acceptors (Lipinski definition) is 1. The molecule has 0 spiro atoms. The number of rotatable bonds is 0. The Morgan fingerprint density at radius 2 is 1.67 bits per heavy atom. The second-order valence-corrected chi connectivity index (χ2v) is 0.408. The summed E-state index contributed by atoms with van der Waals surface area (Å²) in [5.41, 5.74) is 0. The van der Waals surface area contributed by atoms with E-state index in [9.17, 15) is 0 Å². The normalized spacial score (nSPS) is 2.83. The van der Waals surface area contributed by atoms with Crippen LogP contribution in [0.4, 0.5) is 0 Å². The third-order valence-corrected chi connectivity index (χ3v) is 0. The summed E-state index contributed by atoms with van der Waals surface area (Å²) in [6.07, 6.45) is 1.75. The van der Waals surface area contributed by atoms with E-state index in [2.05, 4.69) is 13.4 Å². The van der Waals surface area contributed by atoms with E-state index < -0.39 is 0 Å². The average Bonchev–Trinajstić information content (AvgIpc) is 1.46. The van der Waals surface area contributed by atoms with Gasteiger partial charge in [-0.25, -0.2) is 0 Å². The zero-order valence-corrected chi connectivity index (χ0v) is 5.86. The van der Waals surface area contributed by atoms with Crippen molar-refractivity contribution in [2.45, 2.75) is 6.92 Å². The second kappa shape index (κ2) is 71.0. The van der Waals surface area contributed by atoms with Gasteiger partial charge in [-0.2, -0.15) is 0 Å². The number of allylic oxidation sites excluding steroid dienone is 1. The molecule has 40 valence electrons. The minimum Gasteiger partial charge on any atom is -0.545 e. The predicted octanol–water partition coefficient (Wildman–Crippen LogP) is 0.916. The summed E-state index contributed by atoms with van der Waals surface area (Å²) in [5, 5.41) is 0. The smallest absolute Gasteiger partial charge is 0 e. The van der Waals surface area contributed by atoms with E-state index in [0.29, 0.717) is 0 Å². The largest absolute Gasteiger partial charge is 0.545 e. The quantitative estimate of drug-likeness (QED) is 0.362. The summed E-state index contributed by atoms with van der Waals surface area (Å²) in [4.78, 5) is 7.75. The summed E-state index contributed by atoms with van der Waals surface area (Å²) in [6, 6.07) is 0. The van der Waals surface area contributed by atoms with Gasteiger partial charge in [-0.3, -0.25) is 6.79 Å². The number of carbonyl (C=O) groups excluding carboxylic acids is 1. The number of hydrogen-bond donors (Lipinski definition) is 0. The first-order valence-electron chi connectivity index (χ1n) is 1.22. The van der Waals surface area contributed by atoms with Crippen molar-refractivity contribution < 1.29 is 25.9 Å². The van der Waals surface area contributed by atoms with Crippen molar-refractivity contribution in [1.29, 1.82) is 0 Å². The molecule has 0 saturated heterocycles. The fraction of sp³-hybridized carbons (Fsp3) is 0.250. The molecule has 0 rings (SSSR count). The van der Waals surface area contributed by atoms with E-state index in [-0.39, 0.29) is 21.1 Å². The summed E-state index contributed by atoms with van der Waals surface area (Å²) >= 11 is 0. The Morgan fingerprint density at radius 3 is 1.67 bits per heavy atom. The Hall–Kier alpha value is 0.0983. The third kappa shape index (κ3) is 4070. The molecule has 1 nitrogen and oxygen atoms in total. The van der Waals surface area contributed by atoms with Crippen LogP contribution in [0.5, 0.6) is 0 Å². The molecule has 2 heteroatoms. The predicted molar refractivity (Wildman–Crippen MR) is 22.6 cm³/mol. The van der Waals surface area contributed by atoms with Crippen LogP contribution in [0.1, 0.15) is 6.92 Å². The molecule has 0 aromatic carbocycles. The Bertz CT molecular complexity index is 21.5. The van der Waals surface area contributed by atoms with Crippen LogP contribution in [0.15, 0.2) is 12.7 Å². The Kier molecular flexibility index (Phi) is 195. The molecule has 0 aromatic heterocycles. The molecule has 0 unspecified atom stereocenters. The molecule has 0 atom stereocenters. The van der Waals surface area contributed by atoms with E-state index in [1.54, 1.807) is 6.08 Å². The van der Waals surface area contributed by atoms with Crippen LogP contribution >= 0.6 is 0 Å². The third-order valence-electron chi connectivity index (χ3n) is 0. The Labute approximate surface area is 52.7 Å². The van der Waals surface area contributed by atoms with E-state index in [1.165, 1.54) is 0 Å². The van der Waals surface area contributed by atoms with Crippen LogP contribution in [0.3, 0.4) is 0 Å². The summed E-state index contributed by atoms with van der Waals surface area (Å²) < 4.78 is 0. The van der Waals surface area contributed by atoms with Crippen molar-refractivity contribution in [1.82, 2.24) is 0 Å². The fourth-order valence-electron chi connectivity index (χ4n) is 0. The molecular formula is C4H7OPt-. The molecule has 0 amide bonds. The fourth-order valence-corrected chi connectivity index (χ4v) is 0. The first-order valence-corrected chi connectivity index (χ1v) is 1.22. The summed E-state index contributed by atoms with van der Waals surface area (Å²) in [6.45, 7) is 8.50. The summed E-state index contributed by atoms with van der Waals surface area (Å²) in [7, 11) is 0. The van der Waals surface area contributed by atoms with E-state index >= 15 is 0 Å². The maximum Gasteiger partial charge on any atom is 0 e. The standard InChI is InChI=1S/C3H6.CHO.Pt/c1-3-2;1-2;/h3H,1H2,2H3;1H;/q;-1;. The molecule has 6 heavy (non-hydrogen) atoms. The van der Waals surface area contributed by atoms with Crippen molar-refractivity contribution in [2.24, 2.45) is 0 Å². The second-order valence-electron chi connectivity index (χ2n) is 0.408. The van der Waals surface area contributed by atoms with Gasteiger partial charge in [0.2, 0.25) is 0 Å². The van der Waals surface area contributed by atoms with Gasteiger partial charge in [-0.15, -0.1) is 6.58 Å². The van der Waals surface area contributed by atoms with Gasteiger partial charge in [0.15, 0.2) is 0 Å². The zero-order valence-electron chi connectivity index (χ0n) is 3.59. The molecule has 0 bridgehead atoms. The minimum atomic E-state index is 0. The van der Waals surface area contributed by atoms with Crippen molar-refractivity contribution in [3.05, 3.63) is 12.7 Å². The molecule has 0 saturated carbocycles. The first-order chi connectivity index (χ1) is 2.41. The van der Waals surface area contributed by atoms with Crippen molar-refractivity contribution >= 4 is 6.79 Å². The van der Waals surface area contributed by atoms with E-state index in [1.807, 2.05) is 6.92 Å². The van der Waals surface area contributed by atoms with Gasteiger partial charge in [0.05, 0.1) is 0 Å². The van der Waals surface area contributed by atoms with Gasteiger partial charge in [0, 0.05) is 21.1 Å². The van der Waals surface area contributed by atoms with Crippen LogP contribution in [0, 0.1) is 0 Å². The van der Waals surface area contributed by atoms with Gasteiger partial charge in [-0.1, -0.05) is 6.08 Å². The molecule has 0 aromatic rings. The Balaban J connectivity index is -0.0000000275. The Morgan fingerprint density at radius 1 is 1.67 bits per heavy atom. The molecule has 0 N–H and O–H groups in total. The van der Waals surface area contributed by atoms with Crippen LogP contribution in [0.25, 0.3) is 0 Å². The molecule has 0 radical (unpaired) electrons. The molecular weight excluding hydrogens is 259 g/mol. The van der Waals surface area contributed by atoms with Crippen LogP contribution in [-0.4, -0.2) is 6.79 Å². The monoisotopic (exact) mass is 266 g/mol. The van der Waals surface area contributed by atoms with Crippen molar-refractivity contribution in [3.8, 4) is 0 Å². The topological polar surface area (TPSA) is 17.1 Å². The molecule has 0 heterocycles. The molecule has 0 fully saturated rings. The van der Waals surface area contributed by atoms with Gasteiger partial charge >= 0.3 is 0 Å². The van der Waals surface area contributed by atoms with Gasteiger partial charge in [0.1, 0.15) is 0 Å². The van der Waals surface area contributed by atoms with Gasteiger partial charge in [-0.05, 0) is 6.92 Å². The van der Waals surface area contributed by atoms with Crippen molar-refractivity contribution in [2.75, 3.05) is 0 Å². The zero-order chi connectivity index (χ0) is 4.71. The SMILES string of the molecule is C=CC.[CH-]=O.[Pt]. The van der Waals surface area contributed by atoms with Crippen LogP contribution in [-0.2, 0) is 25.9 Å². The summed E-state index contributed by atoms with van der Waals surface area (Å²) in [5.74, 6) is 0. The maximum atomic E-state index is 7.75. The van der Waals surface area contributed by atoms with E-state index in [0.717, 1.165) is 0 Å². The maximum absolute atomic E-state index is 7.75. The molecule has 0 aliphatic carbocycles. The average molecular weight is 266 g/mol. The molecule has 0 aliphatic heterocycles. The molecule has 0 aliphatic rings. The minimum absolute atomic E-state index is 0. The van der Waals surface area contributed by atoms with Gasteiger partial charge in [0.25, 0.3) is 0 Å². The van der Waals surface area contributed by atoms with Crippen molar-refractivity contribution in [3.63, 3.8) is 0 Å². The van der Waals surface area contributed by atoms with Gasteiger partial charge < -0.3 is 4.79 Å². The first kappa shape index (κ1) is 16.5. The van der Waals surface area contributed by atoms with Crippen LogP contribution < -0.4 is 0 Å². The van der Waals surface area contributed by atoms with E-state index in [4.69, 9.17) is 4.79 Å².